The summed E-state index contributed by atoms with van der Waals surface area (Å²) in [5, 5.41) is 14.7. The molecule has 1 saturated heterocycles. The van der Waals surface area contributed by atoms with E-state index >= 15 is 0 Å². The number of thiazole rings is 1. The summed E-state index contributed by atoms with van der Waals surface area (Å²) in [5.41, 5.74) is 1.07. The maximum atomic E-state index is 12.7. The molecule has 0 bridgehead atoms. The molecule has 1 fully saturated rings. The number of likely N-dealkylation sites (tertiary alicyclic amines) is 1. The smallest absolute Gasteiger partial charge is 0.289 e. The molecule has 1 aromatic carbocycles. The number of carbonyl (C=O) groups excluding carboxylic acids is 1. The second-order valence-electron chi connectivity index (χ2n) is 7.56. The molecule has 8 heteroatoms. The topological polar surface area (TPSA) is 75.9 Å². The first-order valence-electron chi connectivity index (χ1n) is 9.61. The molecule has 0 radical (unpaired) electrons. The Morgan fingerprint density at radius 3 is 2.82 bits per heavy atom. The van der Waals surface area contributed by atoms with E-state index in [9.17, 15) is 4.79 Å². The van der Waals surface area contributed by atoms with E-state index in [0.717, 1.165) is 44.0 Å². The molecule has 4 heterocycles. The molecule has 0 saturated carbocycles. The number of benzene rings is 1. The van der Waals surface area contributed by atoms with Gasteiger partial charge in [-0.15, -0.1) is 21.5 Å². The van der Waals surface area contributed by atoms with E-state index in [1.807, 2.05) is 46.5 Å². The third-order valence-corrected chi connectivity index (χ3v) is 6.45. The van der Waals surface area contributed by atoms with E-state index in [1.165, 1.54) is 5.01 Å². The molecular formula is C20H22N6OS. The molecule has 2 atom stereocenters. The summed E-state index contributed by atoms with van der Waals surface area (Å²) in [6.07, 6.45) is 2.75. The van der Waals surface area contributed by atoms with Crippen LogP contribution in [0, 0.1) is 11.8 Å². The highest BCUT2D eigenvalue weighted by atomic mass is 32.1. The Bertz CT molecular complexity index is 955. The van der Waals surface area contributed by atoms with Crippen LogP contribution in [0.2, 0.25) is 0 Å². The zero-order valence-electron chi connectivity index (χ0n) is 15.5. The monoisotopic (exact) mass is 394 g/mol. The second kappa shape index (κ2) is 7.44. The quantitative estimate of drug-likeness (QED) is 0.716. The van der Waals surface area contributed by atoms with Crippen molar-refractivity contribution >= 4 is 17.2 Å². The first-order chi connectivity index (χ1) is 13.8. The number of hydrogen-bond donors (Lipinski definition) is 1. The number of nitrogens with zero attached hydrogens (tertiary/aromatic N) is 5. The molecule has 3 aromatic rings. The highest BCUT2D eigenvalue weighted by molar-refractivity contribution is 7.09. The summed E-state index contributed by atoms with van der Waals surface area (Å²) < 4.78 is 2.02. The SMILES string of the molecule is O=C(NCc1ccccc1)c1nnc2n1C[C@H]1CN(Cc3nccs3)C[C@@H]1C2. The Kier molecular flexibility index (Phi) is 4.66. The van der Waals surface area contributed by atoms with E-state index in [0.29, 0.717) is 24.2 Å². The van der Waals surface area contributed by atoms with Gasteiger partial charge < -0.3 is 9.88 Å². The fourth-order valence-electron chi connectivity index (χ4n) is 4.30. The lowest BCUT2D eigenvalue weighted by Crippen LogP contribution is -2.32. The number of fused-ring (bicyclic) bond motifs is 2. The lowest BCUT2D eigenvalue weighted by atomic mass is 9.89. The Hall–Kier alpha value is -2.58. The Morgan fingerprint density at radius 1 is 1.14 bits per heavy atom. The minimum atomic E-state index is -0.154. The first kappa shape index (κ1) is 17.5. The van der Waals surface area contributed by atoms with E-state index in [-0.39, 0.29) is 5.91 Å². The molecule has 2 aliphatic heterocycles. The minimum Gasteiger partial charge on any atom is -0.345 e. The zero-order valence-corrected chi connectivity index (χ0v) is 16.3. The van der Waals surface area contributed by atoms with Crippen LogP contribution in [0.5, 0.6) is 0 Å². The number of aromatic nitrogens is 4. The fourth-order valence-corrected chi connectivity index (χ4v) is 4.96. The second-order valence-corrected chi connectivity index (χ2v) is 8.54. The molecule has 28 heavy (non-hydrogen) atoms. The summed E-state index contributed by atoms with van der Waals surface area (Å²) in [4.78, 5) is 19.5. The zero-order chi connectivity index (χ0) is 18.9. The number of amides is 1. The van der Waals surface area contributed by atoms with E-state index in [4.69, 9.17) is 0 Å². The van der Waals surface area contributed by atoms with Crippen LogP contribution in [0.15, 0.2) is 41.9 Å². The van der Waals surface area contributed by atoms with Gasteiger partial charge in [0.05, 0.1) is 6.54 Å². The number of nitrogens with one attached hydrogen (secondary N) is 1. The standard InChI is InChI=1S/C20H22N6OS/c27-20(22-9-14-4-2-1-3-5-14)19-24-23-17-8-15-10-25(11-16(15)12-26(17)19)13-18-21-6-7-28-18/h1-7,15-16H,8-13H2,(H,22,27)/t15-,16+/m0/s1. The van der Waals surface area contributed by atoms with Crippen LogP contribution in [0.25, 0.3) is 0 Å². The van der Waals surface area contributed by atoms with Crippen molar-refractivity contribution in [1.82, 2.24) is 30.0 Å². The van der Waals surface area contributed by atoms with Crippen LogP contribution < -0.4 is 5.32 Å². The van der Waals surface area contributed by atoms with E-state index in [1.54, 1.807) is 11.3 Å². The molecule has 2 aromatic heterocycles. The largest absolute Gasteiger partial charge is 0.345 e. The average molecular weight is 395 g/mol. The Labute approximate surface area is 167 Å². The predicted octanol–water partition coefficient (Wildman–Crippen LogP) is 1.97. The molecule has 144 valence electrons. The molecule has 1 N–H and O–H groups in total. The van der Waals surface area contributed by atoms with Crippen LogP contribution in [0.3, 0.4) is 0 Å². The van der Waals surface area contributed by atoms with Gasteiger partial charge >= 0.3 is 0 Å². The summed E-state index contributed by atoms with van der Waals surface area (Å²) in [6.45, 7) is 4.32. The van der Waals surface area contributed by atoms with Gasteiger partial charge in [-0.3, -0.25) is 9.69 Å². The van der Waals surface area contributed by atoms with Crippen molar-refractivity contribution in [2.45, 2.75) is 26.1 Å². The molecular weight excluding hydrogens is 372 g/mol. The van der Waals surface area contributed by atoms with Crippen molar-refractivity contribution in [2.24, 2.45) is 11.8 Å². The molecule has 5 rings (SSSR count). The summed E-state index contributed by atoms with van der Waals surface area (Å²) in [5.74, 6) is 2.32. The minimum absolute atomic E-state index is 0.154. The maximum Gasteiger partial charge on any atom is 0.289 e. The lowest BCUT2D eigenvalue weighted by Gasteiger charge is -2.25. The average Bonchev–Trinajstić information content (AvgIpc) is 3.44. The first-order valence-corrected chi connectivity index (χ1v) is 10.5. The van der Waals surface area contributed by atoms with Gasteiger partial charge in [0.15, 0.2) is 0 Å². The van der Waals surface area contributed by atoms with Crippen LogP contribution in [0.1, 0.15) is 27.0 Å². The van der Waals surface area contributed by atoms with E-state index < -0.39 is 0 Å². The van der Waals surface area contributed by atoms with Gasteiger partial charge in [-0.2, -0.15) is 0 Å². The lowest BCUT2D eigenvalue weighted by molar-refractivity contribution is 0.0932. The number of rotatable bonds is 5. The predicted molar refractivity (Wildman–Crippen MR) is 106 cm³/mol. The van der Waals surface area contributed by atoms with Crippen molar-refractivity contribution in [3.63, 3.8) is 0 Å². The Balaban J connectivity index is 1.25. The van der Waals surface area contributed by atoms with Gasteiger partial charge in [0.1, 0.15) is 10.8 Å². The molecule has 0 unspecified atom stereocenters. The summed E-state index contributed by atoms with van der Waals surface area (Å²) in [7, 11) is 0. The third kappa shape index (κ3) is 3.45. The number of hydrogen-bond acceptors (Lipinski definition) is 6. The van der Waals surface area contributed by atoms with Crippen molar-refractivity contribution in [3.8, 4) is 0 Å². The highest BCUT2D eigenvalue weighted by Crippen LogP contribution is 2.33. The van der Waals surface area contributed by atoms with Crippen LogP contribution in [-0.2, 0) is 26.1 Å². The van der Waals surface area contributed by atoms with Gasteiger partial charge in [-0.05, 0) is 17.4 Å². The summed E-state index contributed by atoms with van der Waals surface area (Å²) in [6, 6.07) is 9.91. The third-order valence-electron chi connectivity index (χ3n) is 5.68. The van der Waals surface area contributed by atoms with Crippen molar-refractivity contribution < 1.29 is 4.79 Å². The molecule has 7 nitrogen and oxygen atoms in total. The van der Waals surface area contributed by atoms with Crippen molar-refractivity contribution in [1.29, 1.82) is 0 Å². The van der Waals surface area contributed by atoms with Crippen molar-refractivity contribution in [3.05, 3.63) is 64.1 Å². The van der Waals surface area contributed by atoms with Crippen molar-refractivity contribution in [2.75, 3.05) is 13.1 Å². The Morgan fingerprint density at radius 2 is 2.00 bits per heavy atom. The highest BCUT2D eigenvalue weighted by Gasteiger charge is 2.39. The van der Waals surface area contributed by atoms with E-state index in [2.05, 4.69) is 25.4 Å². The molecule has 2 aliphatic rings. The van der Waals surface area contributed by atoms with Gasteiger partial charge in [-0.25, -0.2) is 4.98 Å². The van der Waals surface area contributed by atoms with Gasteiger partial charge in [0, 0.05) is 44.2 Å². The van der Waals surface area contributed by atoms with Crippen LogP contribution in [0.4, 0.5) is 0 Å². The summed E-state index contributed by atoms with van der Waals surface area (Å²) >= 11 is 1.71. The van der Waals surface area contributed by atoms with Crippen LogP contribution >= 0.6 is 11.3 Å². The maximum absolute atomic E-state index is 12.7. The molecule has 0 spiro atoms. The fraction of sp³-hybridized carbons (Fsp3) is 0.400. The normalized spacial score (nSPS) is 21.3. The van der Waals surface area contributed by atoms with Gasteiger partial charge in [0.2, 0.25) is 5.82 Å². The number of carbonyl (C=O) groups is 1. The van der Waals surface area contributed by atoms with Crippen LogP contribution in [-0.4, -0.2) is 43.6 Å². The van der Waals surface area contributed by atoms with Gasteiger partial charge in [0.25, 0.3) is 5.91 Å². The van der Waals surface area contributed by atoms with Gasteiger partial charge in [-0.1, -0.05) is 30.3 Å². The molecule has 1 amide bonds. The molecule has 0 aliphatic carbocycles.